The Morgan fingerprint density at radius 3 is 2.60 bits per heavy atom. The number of ether oxygens (including phenoxy) is 2. The summed E-state index contributed by atoms with van der Waals surface area (Å²) >= 11 is 12.0. The maximum atomic E-state index is 14.0. The van der Waals surface area contributed by atoms with E-state index in [0.29, 0.717) is 21.6 Å². The Balaban J connectivity index is 1.64. The lowest BCUT2D eigenvalue weighted by molar-refractivity contribution is -0.130. The molecular formula is C27H26ClN3O3S. The van der Waals surface area contributed by atoms with Gasteiger partial charge in [0, 0.05) is 22.0 Å². The number of thiocarbonyl (C=S) groups is 1. The number of fused-ring (bicyclic) bond motifs is 4. The first-order valence-corrected chi connectivity index (χ1v) is 12.1. The minimum atomic E-state index is -1.15. The van der Waals surface area contributed by atoms with Crippen molar-refractivity contribution in [2.75, 3.05) is 17.3 Å². The molecule has 8 heteroatoms. The minimum Gasteiger partial charge on any atom is -0.493 e. The summed E-state index contributed by atoms with van der Waals surface area (Å²) in [6.07, 6.45) is 0. The smallest absolute Gasteiger partial charge is 0.236 e. The lowest BCUT2D eigenvalue weighted by Gasteiger charge is -2.56. The predicted octanol–water partition coefficient (Wildman–Crippen LogP) is 5.76. The molecule has 0 spiro atoms. The molecule has 3 aromatic rings. The molecule has 0 unspecified atom stereocenters. The van der Waals surface area contributed by atoms with E-state index in [1.165, 1.54) is 0 Å². The molecule has 0 aromatic heterocycles. The van der Waals surface area contributed by atoms with Gasteiger partial charge in [-0.1, -0.05) is 41.4 Å². The molecule has 2 bridgehead atoms. The van der Waals surface area contributed by atoms with Gasteiger partial charge in [0.05, 0.1) is 13.2 Å². The number of benzene rings is 3. The molecule has 2 N–H and O–H groups in total. The lowest BCUT2D eigenvalue weighted by atomic mass is 9.78. The number of rotatable bonds is 4. The Bertz CT molecular complexity index is 1330. The van der Waals surface area contributed by atoms with E-state index in [1.54, 1.807) is 19.2 Å². The standard InChI is InChI=1S/C27H26ClN3O3S/c1-15-8-13-20(16(2)14-15)29-25(32)22-23-19-6-5-7-21(33-4)24(19)34-27(22,3)31(26(35)30-23)18-11-9-17(28)10-12-18/h5-14,22-23H,1-4H3,(H,29,32)(H,30,35)/t22-,23-,27-/m1/s1. The predicted molar refractivity (Wildman–Crippen MR) is 142 cm³/mol. The van der Waals surface area contributed by atoms with Crippen molar-refractivity contribution in [1.29, 1.82) is 0 Å². The number of halogens is 1. The highest BCUT2D eigenvalue weighted by Gasteiger charge is 2.59. The normalized spacial score (nSPS) is 22.5. The second kappa shape index (κ2) is 8.73. The molecule has 180 valence electrons. The van der Waals surface area contributed by atoms with Gasteiger partial charge < -0.3 is 20.1 Å². The highest BCUT2D eigenvalue weighted by Crippen LogP contribution is 2.52. The Kier molecular flexibility index (Phi) is 5.85. The van der Waals surface area contributed by atoms with Gasteiger partial charge in [0.25, 0.3) is 0 Å². The number of nitrogens with one attached hydrogen (secondary N) is 2. The van der Waals surface area contributed by atoms with E-state index in [2.05, 4.69) is 10.6 Å². The Morgan fingerprint density at radius 2 is 1.91 bits per heavy atom. The van der Waals surface area contributed by atoms with E-state index in [0.717, 1.165) is 28.1 Å². The van der Waals surface area contributed by atoms with Gasteiger partial charge in [-0.3, -0.25) is 9.69 Å². The zero-order chi connectivity index (χ0) is 24.9. The van der Waals surface area contributed by atoms with Crippen LogP contribution in [0.25, 0.3) is 0 Å². The average molecular weight is 508 g/mol. The molecule has 2 heterocycles. The molecule has 2 aliphatic heterocycles. The van der Waals surface area contributed by atoms with E-state index < -0.39 is 17.7 Å². The highest BCUT2D eigenvalue weighted by atomic mass is 35.5. The quantitative estimate of drug-likeness (QED) is 0.437. The number of methoxy groups -OCH3 is 1. The van der Waals surface area contributed by atoms with Gasteiger partial charge in [-0.2, -0.15) is 0 Å². The van der Waals surface area contributed by atoms with Gasteiger partial charge in [0.2, 0.25) is 5.91 Å². The van der Waals surface area contributed by atoms with Crippen molar-refractivity contribution in [3.8, 4) is 11.5 Å². The molecule has 0 aliphatic carbocycles. The van der Waals surface area contributed by atoms with Crippen molar-refractivity contribution in [1.82, 2.24) is 5.32 Å². The maximum Gasteiger partial charge on any atom is 0.236 e. The molecule has 1 amide bonds. The van der Waals surface area contributed by atoms with Crippen LogP contribution in [0.3, 0.4) is 0 Å². The molecule has 3 atom stereocenters. The molecule has 0 saturated carbocycles. The maximum absolute atomic E-state index is 14.0. The van der Waals surface area contributed by atoms with Gasteiger partial charge in [-0.15, -0.1) is 0 Å². The van der Waals surface area contributed by atoms with E-state index in [4.69, 9.17) is 33.3 Å². The summed E-state index contributed by atoms with van der Waals surface area (Å²) in [5.41, 5.74) is 3.32. The van der Waals surface area contributed by atoms with Gasteiger partial charge in [-0.05, 0) is 75.0 Å². The fourth-order valence-corrected chi connectivity index (χ4v) is 5.61. The van der Waals surface area contributed by atoms with E-state index in [9.17, 15) is 4.79 Å². The molecule has 1 saturated heterocycles. The number of anilines is 2. The number of para-hydroxylation sites is 1. The Morgan fingerprint density at radius 1 is 1.17 bits per heavy atom. The van der Waals surface area contributed by atoms with E-state index in [-0.39, 0.29) is 5.91 Å². The van der Waals surface area contributed by atoms with Crippen LogP contribution in [0.5, 0.6) is 11.5 Å². The summed E-state index contributed by atoms with van der Waals surface area (Å²) < 4.78 is 12.3. The topological polar surface area (TPSA) is 62.8 Å². The Hall–Kier alpha value is -3.29. The van der Waals surface area contributed by atoms with Crippen LogP contribution < -0.4 is 25.0 Å². The van der Waals surface area contributed by atoms with Crippen molar-refractivity contribution in [3.63, 3.8) is 0 Å². The summed E-state index contributed by atoms with van der Waals surface area (Å²) in [5, 5.41) is 7.61. The van der Waals surface area contributed by atoms with Crippen LogP contribution in [0.4, 0.5) is 11.4 Å². The molecule has 2 aliphatic rings. The first kappa shape index (κ1) is 23.5. The summed E-state index contributed by atoms with van der Waals surface area (Å²) in [4.78, 5) is 15.8. The minimum absolute atomic E-state index is 0.174. The van der Waals surface area contributed by atoms with Crippen LogP contribution in [-0.4, -0.2) is 23.9 Å². The van der Waals surface area contributed by atoms with E-state index in [1.807, 2.05) is 74.2 Å². The van der Waals surface area contributed by atoms with Crippen LogP contribution in [0.2, 0.25) is 5.02 Å². The van der Waals surface area contributed by atoms with Crippen LogP contribution in [0.1, 0.15) is 29.7 Å². The zero-order valence-corrected chi connectivity index (χ0v) is 21.5. The van der Waals surface area contributed by atoms with Crippen molar-refractivity contribution in [3.05, 3.63) is 82.4 Å². The summed E-state index contributed by atoms with van der Waals surface area (Å²) in [5.74, 6) is 0.363. The van der Waals surface area contributed by atoms with Crippen molar-refractivity contribution < 1.29 is 14.3 Å². The van der Waals surface area contributed by atoms with Crippen molar-refractivity contribution in [2.45, 2.75) is 32.5 Å². The highest BCUT2D eigenvalue weighted by molar-refractivity contribution is 7.80. The van der Waals surface area contributed by atoms with Crippen LogP contribution in [0, 0.1) is 19.8 Å². The molecule has 5 rings (SSSR count). The monoisotopic (exact) mass is 507 g/mol. The SMILES string of the molecule is COc1cccc2c1O[C@]1(C)[C@@H](C(=O)Nc3ccc(C)cc3C)[C@@H]2NC(=S)N1c1ccc(Cl)cc1. The number of hydrogen-bond acceptors (Lipinski definition) is 4. The summed E-state index contributed by atoms with van der Waals surface area (Å²) in [7, 11) is 1.60. The van der Waals surface area contributed by atoms with Crippen LogP contribution in [-0.2, 0) is 4.79 Å². The van der Waals surface area contributed by atoms with Crippen molar-refractivity contribution >= 4 is 46.2 Å². The molecular weight excluding hydrogens is 482 g/mol. The fraction of sp³-hybridized carbons (Fsp3) is 0.259. The van der Waals surface area contributed by atoms with E-state index >= 15 is 0 Å². The summed E-state index contributed by atoms with van der Waals surface area (Å²) in [6, 6.07) is 18.5. The lowest BCUT2D eigenvalue weighted by Crippen LogP contribution is -2.72. The average Bonchev–Trinajstić information content (AvgIpc) is 2.81. The molecule has 35 heavy (non-hydrogen) atoms. The molecule has 0 radical (unpaired) electrons. The number of hydrogen-bond donors (Lipinski definition) is 2. The molecule has 1 fully saturated rings. The molecule has 6 nitrogen and oxygen atoms in total. The third kappa shape index (κ3) is 3.89. The number of amides is 1. The van der Waals surface area contributed by atoms with Crippen molar-refractivity contribution in [2.24, 2.45) is 5.92 Å². The summed E-state index contributed by atoms with van der Waals surface area (Å²) in [6.45, 7) is 5.90. The van der Waals surface area contributed by atoms with Gasteiger partial charge >= 0.3 is 0 Å². The Labute approximate surface area is 215 Å². The van der Waals surface area contributed by atoms with Crippen LogP contribution >= 0.6 is 23.8 Å². The van der Waals surface area contributed by atoms with Gasteiger partial charge in [-0.25, -0.2) is 0 Å². The second-order valence-electron chi connectivity index (χ2n) is 9.06. The first-order valence-electron chi connectivity index (χ1n) is 11.3. The second-order valence-corrected chi connectivity index (χ2v) is 9.88. The number of nitrogens with zero attached hydrogens (tertiary/aromatic N) is 1. The number of carbonyl (C=O) groups is 1. The third-order valence-corrected chi connectivity index (χ3v) is 7.27. The molecule has 3 aromatic carbocycles. The fourth-order valence-electron chi connectivity index (χ4n) is 5.07. The first-order chi connectivity index (χ1) is 16.7. The number of carbonyl (C=O) groups excluding carboxylic acids is 1. The third-order valence-electron chi connectivity index (χ3n) is 6.72. The zero-order valence-electron chi connectivity index (χ0n) is 19.9. The van der Waals surface area contributed by atoms with Gasteiger partial charge in [0.15, 0.2) is 22.3 Å². The number of aryl methyl sites for hydroxylation is 2. The van der Waals surface area contributed by atoms with Crippen LogP contribution in [0.15, 0.2) is 60.7 Å². The van der Waals surface area contributed by atoms with Gasteiger partial charge in [0.1, 0.15) is 5.92 Å². The largest absolute Gasteiger partial charge is 0.493 e.